The molecule has 0 radical (unpaired) electrons. The Morgan fingerprint density at radius 1 is 1.38 bits per heavy atom. The third kappa shape index (κ3) is 2.87. The fourth-order valence-electron chi connectivity index (χ4n) is 3.18. The maximum atomic E-state index is 12.3. The number of amides is 1. The molecule has 3 saturated heterocycles. The summed E-state index contributed by atoms with van der Waals surface area (Å²) in [5, 5.41) is 14.0. The highest BCUT2D eigenvalue weighted by atomic mass is 35.5. The van der Waals surface area contributed by atoms with Gasteiger partial charge in [0.25, 0.3) is 11.6 Å². The quantitative estimate of drug-likeness (QED) is 0.685. The Hall–Kier alpha value is -1.66. The minimum Gasteiger partial charge on any atom is -0.348 e. The van der Waals surface area contributed by atoms with Gasteiger partial charge in [-0.05, 0) is 37.9 Å². The summed E-state index contributed by atoms with van der Waals surface area (Å²) < 4.78 is 0. The summed E-state index contributed by atoms with van der Waals surface area (Å²) in [6.45, 7) is 3.03. The first-order valence-corrected chi connectivity index (χ1v) is 7.39. The van der Waals surface area contributed by atoms with Crippen LogP contribution in [0.4, 0.5) is 5.69 Å². The Labute approximate surface area is 127 Å². The van der Waals surface area contributed by atoms with E-state index in [1.807, 2.05) is 0 Å². The summed E-state index contributed by atoms with van der Waals surface area (Å²) in [4.78, 5) is 25.0. The Balaban J connectivity index is 1.76. The van der Waals surface area contributed by atoms with Crippen molar-refractivity contribution in [1.29, 1.82) is 0 Å². The molecule has 3 aliphatic rings. The summed E-state index contributed by atoms with van der Waals surface area (Å²) in [5.41, 5.74) is 0.0424. The van der Waals surface area contributed by atoms with Crippen molar-refractivity contribution in [2.75, 3.05) is 19.6 Å². The first-order valence-electron chi connectivity index (χ1n) is 7.02. The number of nitro benzene ring substituents is 1. The summed E-state index contributed by atoms with van der Waals surface area (Å²) in [5.74, 6) is 0.166. The van der Waals surface area contributed by atoms with Crippen LogP contribution in [0.1, 0.15) is 23.2 Å². The van der Waals surface area contributed by atoms with Crippen molar-refractivity contribution in [3.63, 3.8) is 0 Å². The number of nitro groups is 1. The summed E-state index contributed by atoms with van der Waals surface area (Å²) in [7, 11) is 0. The van der Waals surface area contributed by atoms with Gasteiger partial charge in [-0.25, -0.2) is 0 Å². The zero-order chi connectivity index (χ0) is 15.0. The van der Waals surface area contributed by atoms with Crippen LogP contribution in [0.3, 0.4) is 0 Å². The van der Waals surface area contributed by atoms with E-state index in [4.69, 9.17) is 11.6 Å². The minimum atomic E-state index is -0.526. The molecule has 1 N–H and O–H groups in total. The second-order valence-electron chi connectivity index (χ2n) is 5.64. The molecular weight excluding hydrogens is 294 g/mol. The maximum absolute atomic E-state index is 12.3. The molecule has 3 heterocycles. The lowest BCUT2D eigenvalue weighted by atomic mass is 9.84. The van der Waals surface area contributed by atoms with Crippen LogP contribution in [0.5, 0.6) is 0 Å². The lowest BCUT2D eigenvalue weighted by molar-refractivity contribution is -0.384. The lowest BCUT2D eigenvalue weighted by Gasteiger charge is -2.44. The number of benzene rings is 1. The molecule has 1 amide bonds. The van der Waals surface area contributed by atoms with E-state index in [1.54, 1.807) is 0 Å². The first kappa shape index (κ1) is 14.3. The van der Waals surface area contributed by atoms with E-state index in [0.717, 1.165) is 32.5 Å². The molecule has 0 aromatic heterocycles. The number of hydrogen-bond acceptors (Lipinski definition) is 4. The number of rotatable bonds is 3. The van der Waals surface area contributed by atoms with Crippen molar-refractivity contribution in [3.8, 4) is 0 Å². The second-order valence-corrected chi connectivity index (χ2v) is 6.05. The number of nitrogens with one attached hydrogen (secondary N) is 1. The minimum absolute atomic E-state index is 0.107. The number of fused-ring (bicyclic) bond motifs is 3. The van der Waals surface area contributed by atoms with Gasteiger partial charge >= 0.3 is 0 Å². The number of non-ortho nitro benzene ring substituents is 1. The van der Waals surface area contributed by atoms with Crippen molar-refractivity contribution in [3.05, 3.63) is 38.9 Å². The van der Waals surface area contributed by atoms with Crippen LogP contribution in [0.15, 0.2) is 18.2 Å². The van der Waals surface area contributed by atoms with Gasteiger partial charge in [0.1, 0.15) is 0 Å². The molecule has 1 atom stereocenters. The van der Waals surface area contributed by atoms with Gasteiger partial charge in [-0.2, -0.15) is 0 Å². The molecule has 0 spiro atoms. The van der Waals surface area contributed by atoms with Crippen LogP contribution in [-0.2, 0) is 0 Å². The molecule has 3 fully saturated rings. The van der Waals surface area contributed by atoms with Gasteiger partial charge < -0.3 is 10.2 Å². The monoisotopic (exact) mass is 309 g/mol. The zero-order valence-corrected chi connectivity index (χ0v) is 12.2. The zero-order valence-electron chi connectivity index (χ0n) is 11.4. The van der Waals surface area contributed by atoms with E-state index in [2.05, 4.69) is 10.2 Å². The molecule has 0 aliphatic carbocycles. The standard InChI is InChI=1S/C14H16ClN3O3/c15-12-2-1-10(18(20)21)7-11(12)14(19)16-13-8-17-5-3-9(13)4-6-17/h1-2,7,9,13H,3-6,8H2,(H,16,19). The fraction of sp³-hybridized carbons (Fsp3) is 0.500. The van der Waals surface area contributed by atoms with E-state index < -0.39 is 4.92 Å². The highest BCUT2D eigenvalue weighted by Crippen LogP contribution is 2.28. The highest BCUT2D eigenvalue weighted by molar-refractivity contribution is 6.33. The fourth-order valence-corrected chi connectivity index (χ4v) is 3.38. The predicted molar refractivity (Wildman–Crippen MR) is 78.5 cm³/mol. The van der Waals surface area contributed by atoms with Gasteiger partial charge in [-0.1, -0.05) is 11.6 Å². The van der Waals surface area contributed by atoms with Crippen molar-refractivity contribution >= 4 is 23.2 Å². The van der Waals surface area contributed by atoms with Crippen LogP contribution >= 0.6 is 11.6 Å². The van der Waals surface area contributed by atoms with Gasteiger partial charge in [-0.3, -0.25) is 14.9 Å². The SMILES string of the molecule is O=C(NC1CN2CCC1CC2)c1cc([N+](=O)[O-])ccc1Cl. The molecule has 3 aliphatic heterocycles. The van der Waals surface area contributed by atoms with Crippen LogP contribution in [0.25, 0.3) is 0 Å². The maximum Gasteiger partial charge on any atom is 0.270 e. The predicted octanol–water partition coefficient (Wildman–Crippen LogP) is 2.07. The summed E-state index contributed by atoms with van der Waals surface area (Å²) in [6, 6.07) is 4.03. The molecular formula is C14H16ClN3O3. The molecule has 6 nitrogen and oxygen atoms in total. The number of carbonyl (C=O) groups is 1. The normalized spacial score (nSPS) is 27.4. The third-order valence-electron chi connectivity index (χ3n) is 4.38. The van der Waals surface area contributed by atoms with E-state index in [9.17, 15) is 14.9 Å². The second kappa shape index (κ2) is 5.61. The van der Waals surface area contributed by atoms with Crippen LogP contribution in [0, 0.1) is 16.0 Å². The van der Waals surface area contributed by atoms with Gasteiger partial charge in [0.15, 0.2) is 0 Å². The van der Waals surface area contributed by atoms with Crippen LogP contribution < -0.4 is 5.32 Å². The topological polar surface area (TPSA) is 75.5 Å². The Morgan fingerprint density at radius 3 is 2.67 bits per heavy atom. The molecule has 2 bridgehead atoms. The van der Waals surface area contributed by atoms with E-state index in [-0.39, 0.29) is 28.2 Å². The molecule has 7 heteroatoms. The van der Waals surface area contributed by atoms with Crippen molar-refractivity contribution in [2.24, 2.45) is 5.92 Å². The summed E-state index contributed by atoms with van der Waals surface area (Å²) in [6.07, 6.45) is 2.18. The molecule has 4 rings (SSSR count). The molecule has 1 aromatic carbocycles. The Kier molecular flexibility index (Phi) is 3.82. The van der Waals surface area contributed by atoms with E-state index in [0.29, 0.717) is 5.92 Å². The van der Waals surface area contributed by atoms with E-state index >= 15 is 0 Å². The summed E-state index contributed by atoms with van der Waals surface area (Å²) >= 11 is 6.00. The lowest BCUT2D eigenvalue weighted by Crippen LogP contribution is -2.57. The molecule has 1 unspecified atom stereocenters. The van der Waals surface area contributed by atoms with Crippen molar-refractivity contribution in [1.82, 2.24) is 10.2 Å². The number of carbonyl (C=O) groups excluding carboxylic acids is 1. The van der Waals surface area contributed by atoms with Gasteiger partial charge in [0.2, 0.25) is 0 Å². The van der Waals surface area contributed by atoms with Crippen LogP contribution in [-0.4, -0.2) is 41.4 Å². The first-order chi connectivity index (χ1) is 10.0. The van der Waals surface area contributed by atoms with E-state index in [1.165, 1.54) is 18.2 Å². The molecule has 112 valence electrons. The van der Waals surface area contributed by atoms with Gasteiger partial charge in [0, 0.05) is 24.7 Å². The Morgan fingerprint density at radius 2 is 2.10 bits per heavy atom. The molecule has 1 aromatic rings. The van der Waals surface area contributed by atoms with Crippen molar-refractivity contribution < 1.29 is 9.72 Å². The molecule has 21 heavy (non-hydrogen) atoms. The van der Waals surface area contributed by atoms with Crippen LogP contribution in [0.2, 0.25) is 5.02 Å². The van der Waals surface area contributed by atoms with Gasteiger partial charge in [-0.15, -0.1) is 0 Å². The number of halogens is 1. The number of hydrogen-bond donors (Lipinski definition) is 1. The number of piperidine rings is 3. The van der Waals surface area contributed by atoms with Gasteiger partial charge in [0.05, 0.1) is 15.5 Å². The average molecular weight is 310 g/mol. The largest absolute Gasteiger partial charge is 0.348 e. The van der Waals surface area contributed by atoms with Crippen molar-refractivity contribution in [2.45, 2.75) is 18.9 Å². The molecule has 0 saturated carbocycles. The average Bonchev–Trinajstić information content (AvgIpc) is 2.48. The Bertz CT molecular complexity index is 585. The number of nitrogens with zero attached hydrogens (tertiary/aromatic N) is 2. The third-order valence-corrected chi connectivity index (χ3v) is 4.71. The smallest absolute Gasteiger partial charge is 0.270 e. The highest BCUT2D eigenvalue weighted by Gasteiger charge is 2.35.